The molecule has 0 aromatic heterocycles. The van der Waals surface area contributed by atoms with Gasteiger partial charge in [-0.25, -0.2) is 0 Å². The van der Waals surface area contributed by atoms with E-state index in [4.69, 9.17) is 0 Å². The van der Waals surface area contributed by atoms with Gasteiger partial charge in [0.25, 0.3) is 0 Å². The summed E-state index contributed by atoms with van der Waals surface area (Å²) in [6.45, 7) is 1.61. The second-order valence-electron chi connectivity index (χ2n) is 4.84. The highest BCUT2D eigenvalue weighted by atomic mass is 32.2. The average Bonchev–Trinajstić information content (AvgIpc) is 2.43. The molecular formula is C16H28O3S. The number of rotatable bonds is 12. The van der Waals surface area contributed by atoms with Gasteiger partial charge in [0.05, 0.1) is 7.11 Å². The van der Waals surface area contributed by atoms with Gasteiger partial charge in [0.15, 0.2) is 5.12 Å². The third-order valence-electron chi connectivity index (χ3n) is 2.99. The van der Waals surface area contributed by atoms with Crippen molar-refractivity contribution < 1.29 is 14.3 Å². The van der Waals surface area contributed by atoms with E-state index in [0.717, 1.165) is 31.4 Å². The van der Waals surface area contributed by atoms with Crippen LogP contribution in [-0.2, 0) is 14.3 Å². The zero-order valence-electron chi connectivity index (χ0n) is 12.9. The first-order chi connectivity index (χ1) is 9.66. The maximum absolute atomic E-state index is 10.9. The fourth-order valence-corrected chi connectivity index (χ4v) is 2.39. The minimum atomic E-state index is -0.0990. The Morgan fingerprint density at radius 3 is 2.20 bits per heavy atom. The number of thioether (sulfide) groups is 1. The van der Waals surface area contributed by atoms with Crippen LogP contribution < -0.4 is 0 Å². The fraction of sp³-hybridized carbons (Fsp3) is 0.750. The topological polar surface area (TPSA) is 43.4 Å². The number of ether oxygens (including phenoxy) is 1. The predicted octanol–water partition coefficient (Wildman–Crippen LogP) is 4.51. The van der Waals surface area contributed by atoms with Gasteiger partial charge in [0, 0.05) is 19.1 Å². The van der Waals surface area contributed by atoms with Crippen molar-refractivity contribution in [2.75, 3.05) is 12.9 Å². The fourth-order valence-electron chi connectivity index (χ4n) is 1.85. The van der Waals surface area contributed by atoms with Crippen molar-refractivity contribution in [2.45, 2.75) is 64.7 Å². The zero-order chi connectivity index (χ0) is 15.1. The van der Waals surface area contributed by atoms with Gasteiger partial charge in [-0.15, -0.1) is 0 Å². The summed E-state index contributed by atoms with van der Waals surface area (Å²) in [5.74, 6) is 0.796. The van der Waals surface area contributed by atoms with E-state index < -0.39 is 0 Å². The lowest BCUT2D eigenvalue weighted by atomic mass is 10.1. The molecule has 0 N–H and O–H groups in total. The molecule has 0 saturated carbocycles. The SMILES string of the molecule is COC(=O)CCCCCCCC/C=C/CCSC(C)=O. The molecular weight excluding hydrogens is 272 g/mol. The molecule has 0 heterocycles. The van der Waals surface area contributed by atoms with E-state index in [1.165, 1.54) is 44.6 Å². The molecule has 0 aromatic rings. The van der Waals surface area contributed by atoms with E-state index in [2.05, 4.69) is 16.9 Å². The van der Waals surface area contributed by atoms with Crippen LogP contribution >= 0.6 is 11.8 Å². The van der Waals surface area contributed by atoms with Crippen LogP contribution in [0.5, 0.6) is 0 Å². The van der Waals surface area contributed by atoms with Crippen LogP contribution in [0.2, 0.25) is 0 Å². The van der Waals surface area contributed by atoms with E-state index in [-0.39, 0.29) is 11.1 Å². The average molecular weight is 300 g/mol. The minimum absolute atomic E-state index is 0.0990. The van der Waals surface area contributed by atoms with Crippen LogP contribution in [0.25, 0.3) is 0 Å². The summed E-state index contributed by atoms with van der Waals surface area (Å²) in [4.78, 5) is 21.6. The number of methoxy groups -OCH3 is 1. The number of esters is 1. The molecule has 3 nitrogen and oxygen atoms in total. The van der Waals surface area contributed by atoms with Crippen molar-refractivity contribution in [1.82, 2.24) is 0 Å². The zero-order valence-corrected chi connectivity index (χ0v) is 13.7. The molecule has 0 rings (SSSR count). The predicted molar refractivity (Wildman–Crippen MR) is 85.8 cm³/mol. The molecule has 0 aliphatic rings. The Balaban J connectivity index is 3.14. The van der Waals surface area contributed by atoms with Crippen LogP contribution in [0.4, 0.5) is 0 Å². The van der Waals surface area contributed by atoms with Gasteiger partial charge in [0.2, 0.25) is 0 Å². The van der Waals surface area contributed by atoms with E-state index in [9.17, 15) is 9.59 Å². The molecule has 4 heteroatoms. The molecule has 0 radical (unpaired) electrons. The van der Waals surface area contributed by atoms with E-state index in [1.807, 2.05) is 0 Å². The standard InChI is InChI=1S/C16H28O3S/c1-15(17)20-14-12-10-8-6-4-3-5-7-9-11-13-16(18)19-2/h8,10H,3-7,9,11-14H2,1-2H3/b10-8+. The smallest absolute Gasteiger partial charge is 0.305 e. The highest BCUT2D eigenvalue weighted by molar-refractivity contribution is 8.13. The van der Waals surface area contributed by atoms with Crippen molar-refractivity contribution in [3.63, 3.8) is 0 Å². The van der Waals surface area contributed by atoms with E-state index in [0.29, 0.717) is 6.42 Å². The molecule has 0 aromatic carbocycles. The number of carbonyl (C=O) groups is 2. The lowest BCUT2D eigenvalue weighted by Gasteiger charge is -2.00. The third kappa shape index (κ3) is 15.3. The second-order valence-corrected chi connectivity index (χ2v) is 6.11. The molecule has 0 spiro atoms. The van der Waals surface area contributed by atoms with Crippen molar-refractivity contribution in [3.05, 3.63) is 12.2 Å². The molecule has 0 aliphatic carbocycles. The van der Waals surface area contributed by atoms with Gasteiger partial charge >= 0.3 is 5.97 Å². The van der Waals surface area contributed by atoms with Crippen molar-refractivity contribution in [1.29, 1.82) is 0 Å². The summed E-state index contributed by atoms with van der Waals surface area (Å²) in [5, 5.41) is 0.200. The van der Waals surface area contributed by atoms with Crippen LogP contribution in [0, 0.1) is 0 Å². The normalized spacial score (nSPS) is 10.9. The first-order valence-electron chi connectivity index (χ1n) is 7.52. The monoisotopic (exact) mass is 300 g/mol. The number of hydrogen-bond acceptors (Lipinski definition) is 4. The number of carbonyl (C=O) groups excluding carboxylic acids is 2. The molecule has 0 unspecified atom stereocenters. The van der Waals surface area contributed by atoms with Crippen LogP contribution in [0.3, 0.4) is 0 Å². The van der Waals surface area contributed by atoms with Crippen molar-refractivity contribution in [2.24, 2.45) is 0 Å². The molecule has 0 atom stereocenters. The summed E-state index contributed by atoms with van der Waals surface area (Å²) in [6.07, 6.45) is 14.1. The number of hydrogen-bond donors (Lipinski definition) is 0. The van der Waals surface area contributed by atoms with Gasteiger partial charge in [-0.1, -0.05) is 49.6 Å². The summed E-state index contributed by atoms with van der Waals surface area (Å²) >= 11 is 1.39. The van der Waals surface area contributed by atoms with Crippen molar-refractivity contribution in [3.8, 4) is 0 Å². The largest absolute Gasteiger partial charge is 0.469 e. The molecule has 0 amide bonds. The van der Waals surface area contributed by atoms with Crippen LogP contribution in [0.1, 0.15) is 64.7 Å². The Labute approximate surface area is 127 Å². The summed E-state index contributed by atoms with van der Waals surface area (Å²) < 4.78 is 4.60. The highest BCUT2D eigenvalue weighted by Gasteiger charge is 1.98. The van der Waals surface area contributed by atoms with Crippen LogP contribution in [0.15, 0.2) is 12.2 Å². The van der Waals surface area contributed by atoms with E-state index in [1.54, 1.807) is 6.92 Å². The summed E-state index contributed by atoms with van der Waals surface area (Å²) in [7, 11) is 1.44. The molecule has 0 saturated heterocycles. The van der Waals surface area contributed by atoms with Gasteiger partial charge in [-0.2, -0.15) is 0 Å². The Hall–Kier alpha value is -0.770. The number of unbranched alkanes of at least 4 members (excludes halogenated alkanes) is 6. The molecule has 116 valence electrons. The summed E-state index contributed by atoms with van der Waals surface area (Å²) in [6, 6.07) is 0. The van der Waals surface area contributed by atoms with Crippen LogP contribution in [-0.4, -0.2) is 23.9 Å². The first-order valence-corrected chi connectivity index (χ1v) is 8.50. The maximum atomic E-state index is 10.9. The minimum Gasteiger partial charge on any atom is -0.469 e. The quantitative estimate of drug-likeness (QED) is 0.302. The van der Waals surface area contributed by atoms with Crippen molar-refractivity contribution >= 4 is 22.8 Å². The summed E-state index contributed by atoms with van der Waals surface area (Å²) in [5.41, 5.74) is 0. The first kappa shape index (κ1) is 19.2. The lowest BCUT2D eigenvalue weighted by Crippen LogP contribution is -1.99. The van der Waals surface area contributed by atoms with Gasteiger partial charge < -0.3 is 4.74 Å². The van der Waals surface area contributed by atoms with Gasteiger partial charge in [-0.05, 0) is 25.7 Å². The Kier molecular flexibility index (Phi) is 14.1. The molecule has 0 aliphatic heterocycles. The van der Waals surface area contributed by atoms with Gasteiger partial charge in [0.1, 0.15) is 0 Å². The Bertz CT molecular complexity index is 287. The molecule has 0 fully saturated rings. The lowest BCUT2D eigenvalue weighted by molar-refractivity contribution is -0.140. The molecule has 20 heavy (non-hydrogen) atoms. The van der Waals surface area contributed by atoms with Gasteiger partial charge in [-0.3, -0.25) is 9.59 Å². The maximum Gasteiger partial charge on any atom is 0.305 e. The molecule has 0 bridgehead atoms. The second kappa shape index (κ2) is 14.6. The third-order valence-corrected chi connectivity index (χ3v) is 3.83. The van der Waals surface area contributed by atoms with E-state index >= 15 is 0 Å². The Morgan fingerprint density at radius 2 is 1.55 bits per heavy atom. The number of allylic oxidation sites excluding steroid dienone is 2. The Morgan fingerprint density at radius 1 is 0.950 bits per heavy atom. The highest BCUT2D eigenvalue weighted by Crippen LogP contribution is 2.10.